The molecule has 2 rings (SSSR count). The van der Waals surface area contributed by atoms with Gasteiger partial charge in [-0.2, -0.15) is 0 Å². The molecule has 0 spiro atoms. The van der Waals surface area contributed by atoms with Crippen molar-refractivity contribution >= 4 is 11.9 Å². The van der Waals surface area contributed by atoms with Gasteiger partial charge in [0.1, 0.15) is 5.60 Å². The van der Waals surface area contributed by atoms with Crippen LogP contribution in [0.25, 0.3) is 0 Å². The maximum Gasteiger partial charge on any atom is 0.311 e. The summed E-state index contributed by atoms with van der Waals surface area (Å²) in [6.07, 6.45) is 3.30. The van der Waals surface area contributed by atoms with E-state index in [2.05, 4.69) is 0 Å². The van der Waals surface area contributed by atoms with Crippen LogP contribution in [0.3, 0.4) is 0 Å². The second kappa shape index (κ2) is 5.49. The summed E-state index contributed by atoms with van der Waals surface area (Å²) in [6.45, 7) is 4.61. The summed E-state index contributed by atoms with van der Waals surface area (Å²) in [5, 5.41) is 11.0. The molecule has 0 aromatic carbocycles. The molecule has 3 unspecified atom stereocenters. The molecule has 0 radical (unpaired) electrons. The van der Waals surface area contributed by atoms with Crippen molar-refractivity contribution in [3.63, 3.8) is 0 Å². The first kappa shape index (κ1) is 14.3. The van der Waals surface area contributed by atoms with Gasteiger partial charge in [0.2, 0.25) is 5.91 Å². The van der Waals surface area contributed by atoms with Crippen LogP contribution in [0.15, 0.2) is 0 Å². The Morgan fingerprint density at radius 2 is 2.26 bits per heavy atom. The molecule has 5 nitrogen and oxygen atoms in total. The van der Waals surface area contributed by atoms with E-state index in [9.17, 15) is 14.7 Å². The van der Waals surface area contributed by atoms with Crippen LogP contribution >= 0.6 is 0 Å². The van der Waals surface area contributed by atoms with Crippen molar-refractivity contribution in [2.45, 2.75) is 57.6 Å². The quantitative estimate of drug-likeness (QED) is 0.776. The minimum absolute atomic E-state index is 0.0325. The van der Waals surface area contributed by atoms with Crippen LogP contribution < -0.4 is 0 Å². The maximum atomic E-state index is 12.0. The number of hydrogen-bond acceptors (Lipinski definition) is 4. The van der Waals surface area contributed by atoms with Crippen molar-refractivity contribution in [3.05, 3.63) is 0 Å². The molecular formula is C14H23NO4. The minimum Gasteiger partial charge on any atom is -0.466 e. The van der Waals surface area contributed by atoms with E-state index in [0.717, 1.165) is 19.3 Å². The second-order valence-corrected chi connectivity index (χ2v) is 5.48. The number of carbonyl (C=O) groups excluding carboxylic acids is 2. The Bertz CT molecular complexity index is 370. The van der Waals surface area contributed by atoms with E-state index in [0.29, 0.717) is 19.6 Å². The highest BCUT2D eigenvalue weighted by Gasteiger charge is 2.57. The van der Waals surface area contributed by atoms with Crippen molar-refractivity contribution in [2.75, 3.05) is 13.2 Å². The summed E-state index contributed by atoms with van der Waals surface area (Å²) >= 11 is 0. The number of nitrogens with zero attached hydrogens (tertiary/aromatic N) is 1. The van der Waals surface area contributed by atoms with Crippen LogP contribution in [0.4, 0.5) is 0 Å². The van der Waals surface area contributed by atoms with Crippen molar-refractivity contribution in [1.29, 1.82) is 0 Å². The number of hydrogen-bond donors (Lipinski definition) is 1. The normalized spacial score (nSPS) is 32.1. The molecule has 3 atom stereocenters. The van der Waals surface area contributed by atoms with Crippen LogP contribution in [-0.2, 0) is 14.3 Å². The predicted octanol–water partition coefficient (Wildman–Crippen LogP) is 1.09. The molecule has 2 aliphatic rings. The molecule has 0 saturated carbocycles. The zero-order valence-electron chi connectivity index (χ0n) is 11.7. The third-order valence-corrected chi connectivity index (χ3v) is 4.42. The van der Waals surface area contributed by atoms with E-state index in [1.807, 2.05) is 6.92 Å². The lowest BCUT2D eigenvalue weighted by Gasteiger charge is -2.40. The van der Waals surface area contributed by atoms with Gasteiger partial charge in [0.25, 0.3) is 0 Å². The molecule has 2 fully saturated rings. The lowest BCUT2D eigenvalue weighted by molar-refractivity contribution is -0.161. The third-order valence-electron chi connectivity index (χ3n) is 4.42. The van der Waals surface area contributed by atoms with Gasteiger partial charge in [-0.15, -0.1) is 0 Å². The van der Waals surface area contributed by atoms with Gasteiger partial charge in [0.15, 0.2) is 0 Å². The Hall–Kier alpha value is -1.10. The van der Waals surface area contributed by atoms with E-state index >= 15 is 0 Å². The summed E-state index contributed by atoms with van der Waals surface area (Å²) in [7, 11) is 0. The monoisotopic (exact) mass is 269 g/mol. The lowest BCUT2D eigenvalue weighted by atomic mass is 9.77. The van der Waals surface area contributed by atoms with E-state index in [1.165, 1.54) is 0 Å². The Balaban J connectivity index is 2.24. The number of fused-ring (bicyclic) bond motifs is 1. The molecule has 19 heavy (non-hydrogen) atoms. The zero-order chi connectivity index (χ0) is 14.0. The van der Waals surface area contributed by atoms with Crippen LogP contribution in [-0.4, -0.2) is 46.7 Å². The smallest absolute Gasteiger partial charge is 0.311 e. The van der Waals surface area contributed by atoms with Crippen molar-refractivity contribution in [2.24, 2.45) is 5.92 Å². The molecule has 1 amide bonds. The Kier molecular flexibility index (Phi) is 4.13. The number of ether oxygens (including phenoxy) is 1. The fourth-order valence-electron chi connectivity index (χ4n) is 3.53. The average Bonchev–Trinajstić information content (AvgIpc) is 2.64. The highest BCUT2D eigenvalue weighted by molar-refractivity contribution is 5.84. The Morgan fingerprint density at radius 3 is 2.89 bits per heavy atom. The maximum absolute atomic E-state index is 12.0. The first-order chi connectivity index (χ1) is 9.04. The van der Waals surface area contributed by atoms with E-state index in [1.54, 1.807) is 11.8 Å². The lowest BCUT2D eigenvalue weighted by Crippen LogP contribution is -2.53. The van der Waals surface area contributed by atoms with Crippen molar-refractivity contribution < 1.29 is 19.4 Å². The van der Waals surface area contributed by atoms with Gasteiger partial charge in [0.05, 0.1) is 25.0 Å². The Morgan fingerprint density at radius 1 is 1.53 bits per heavy atom. The minimum atomic E-state index is -1.25. The van der Waals surface area contributed by atoms with Gasteiger partial charge in [0, 0.05) is 6.54 Å². The molecule has 0 bridgehead atoms. The molecule has 0 aromatic rings. The highest BCUT2D eigenvalue weighted by atomic mass is 16.5. The summed E-state index contributed by atoms with van der Waals surface area (Å²) < 4.78 is 5.06. The first-order valence-corrected chi connectivity index (χ1v) is 7.23. The molecule has 0 aliphatic carbocycles. The molecule has 2 heterocycles. The molecule has 2 aliphatic heterocycles. The number of esters is 1. The van der Waals surface area contributed by atoms with Gasteiger partial charge in [-0.1, -0.05) is 6.92 Å². The van der Waals surface area contributed by atoms with Gasteiger partial charge >= 0.3 is 5.97 Å². The standard InChI is InChI=1S/C14H23NO4/c1-3-10(13(17)19-4-2)14(18)9-12(16)15-8-6-5-7-11(14)15/h10-11,18H,3-9H2,1-2H3. The second-order valence-electron chi connectivity index (χ2n) is 5.48. The van der Waals surface area contributed by atoms with E-state index in [-0.39, 0.29) is 24.3 Å². The number of piperidine rings is 1. The number of carbonyl (C=O) groups is 2. The van der Waals surface area contributed by atoms with Crippen LogP contribution in [0.1, 0.15) is 46.0 Å². The highest BCUT2D eigenvalue weighted by Crippen LogP contribution is 2.42. The zero-order valence-corrected chi connectivity index (χ0v) is 11.7. The van der Waals surface area contributed by atoms with E-state index in [4.69, 9.17) is 4.74 Å². The fraction of sp³-hybridized carbons (Fsp3) is 0.857. The van der Waals surface area contributed by atoms with Gasteiger partial charge in [-0.05, 0) is 32.6 Å². The third kappa shape index (κ3) is 2.36. The first-order valence-electron chi connectivity index (χ1n) is 7.23. The Labute approximate surface area is 113 Å². The van der Waals surface area contributed by atoms with Crippen molar-refractivity contribution in [3.8, 4) is 0 Å². The van der Waals surface area contributed by atoms with Gasteiger partial charge in [-0.3, -0.25) is 9.59 Å². The molecular weight excluding hydrogens is 246 g/mol. The average molecular weight is 269 g/mol. The van der Waals surface area contributed by atoms with Crippen LogP contribution in [0.5, 0.6) is 0 Å². The largest absolute Gasteiger partial charge is 0.466 e. The molecule has 1 N–H and O–H groups in total. The fourth-order valence-corrected chi connectivity index (χ4v) is 3.53. The van der Waals surface area contributed by atoms with Crippen LogP contribution in [0, 0.1) is 5.92 Å². The molecule has 5 heteroatoms. The summed E-state index contributed by atoms with van der Waals surface area (Å²) in [5.74, 6) is -1.02. The predicted molar refractivity (Wildman–Crippen MR) is 69.3 cm³/mol. The summed E-state index contributed by atoms with van der Waals surface area (Å²) in [6, 6.07) is -0.219. The van der Waals surface area contributed by atoms with Crippen LogP contribution in [0.2, 0.25) is 0 Å². The molecule has 0 aromatic heterocycles. The van der Waals surface area contributed by atoms with Gasteiger partial charge in [-0.25, -0.2) is 0 Å². The van der Waals surface area contributed by atoms with E-state index < -0.39 is 11.5 Å². The number of amides is 1. The number of aliphatic hydroxyl groups is 1. The van der Waals surface area contributed by atoms with Gasteiger partial charge < -0.3 is 14.7 Å². The number of rotatable bonds is 4. The SMILES string of the molecule is CCOC(=O)C(CC)C1(O)CC(=O)N2CCCCC21. The van der Waals surface area contributed by atoms with Crippen molar-refractivity contribution in [1.82, 2.24) is 4.90 Å². The summed E-state index contributed by atoms with van der Waals surface area (Å²) in [4.78, 5) is 25.8. The molecule has 108 valence electrons. The summed E-state index contributed by atoms with van der Waals surface area (Å²) in [5.41, 5.74) is -1.25. The topological polar surface area (TPSA) is 66.8 Å². The molecule has 2 saturated heterocycles.